The summed E-state index contributed by atoms with van der Waals surface area (Å²) < 4.78 is 2.10. The van der Waals surface area contributed by atoms with Crippen LogP contribution < -0.4 is 5.56 Å². The summed E-state index contributed by atoms with van der Waals surface area (Å²) in [6.07, 6.45) is 1.52. The quantitative estimate of drug-likeness (QED) is 0.592. The van der Waals surface area contributed by atoms with E-state index in [1.54, 1.807) is 36.4 Å². The molecule has 25 heavy (non-hydrogen) atoms. The molecular formula is C19H14N2O3S. The van der Waals surface area contributed by atoms with Gasteiger partial charge in [-0.1, -0.05) is 24.3 Å². The summed E-state index contributed by atoms with van der Waals surface area (Å²) in [4.78, 5) is 18.0. The Morgan fingerprint density at radius 3 is 2.52 bits per heavy atom. The van der Waals surface area contributed by atoms with Crippen LogP contribution in [-0.2, 0) is 6.54 Å². The molecule has 0 radical (unpaired) electrons. The highest BCUT2D eigenvalue weighted by molar-refractivity contribution is 7.22. The van der Waals surface area contributed by atoms with E-state index in [2.05, 4.69) is 4.98 Å². The molecule has 0 fully saturated rings. The van der Waals surface area contributed by atoms with Crippen LogP contribution in [0.3, 0.4) is 0 Å². The average Bonchev–Trinajstić information content (AvgIpc) is 3.03. The number of hydrogen-bond acceptors (Lipinski definition) is 5. The Balaban J connectivity index is 1.76. The molecule has 4 rings (SSSR count). The van der Waals surface area contributed by atoms with Gasteiger partial charge in [0, 0.05) is 4.88 Å². The molecule has 2 aromatic heterocycles. The molecule has 0 bridgehead atoms. The van der Waals surface area contributed by atoms with Crippen molar-refractivity contribution >= 4 is 21.6 Å². The first-order valence-corrected chi connectivity index (χ1v) is 8.48. The van der Waals surface area contributed by atoms with Gasteiger partial charge in [-0.05, 0) is 41.5 Å². The van der Waals surface area contributed by atoms with Crippen molar-refractivity contribution in [1.29, 1.82) is 0 Å². The van der Waals surface area contributed by atoms with Crippen LogP contribution in [0, 0.1) is 0 Å². The third kappa shape index (κ3) is 2.99. The normalized spacial score (nSPS) is 11.0. The van der Waals surface area contributed by atoms with Crippen molar-refractivity contribution in [3.63, 3.8) is 0 Å². The smallest absolute Gasteiger partial charge is 0.271 e. The average molecular weight is 350 g/mol. The van der Waals surface area contributed by atoms with Crippen molar-refractivity contribution in [1.82, 2.24) is 9.55 Å². The molecule has 0 saturated carbocycles. The first-order chi connectivity index (χ1) is 12.1. The van der Waals surface area contributed by atoms with Gasteiger partial charge < -0.3 is 10.2 Å². The number of thiophene rings is 1. The molecule has 2 N–H and O–H groups in total. The lowest BCUT2D eigenvalue weighted by atomic mass is 10.2. The summed E-state index contributed by atoms with van der Waals surface area (Å²) in [5, 5.41) is 19.2. The van der Waals surface area contributed by atoms with Gasteiger partial charge in [0.05, 0.1) is 18.4 Å². The molecule has 0 spiro atoms. The zero-order chi connectivity index (χ0) is 17.4. The van der Waals surface area contributed by atoms with Gasteiger partial charge in [0.25, 0.3) is 5.56 Å². The Morgan fingerprint density at radius 1 is 1.00 bits per heavy atom. The molecule has 0 aliphatic rings. The van der Waals surface area contributed by atoms with E-state index in [-0.39, 0.29) is 17.1 Å². The van der Waals surface area contributed by atoms with Gasteiger partial charge in [0.2, 0.25) is 0 Å². The number of benzene rings is 2. The maximum absolute atomic E-state index is 12.8. The molecule has 0 aliphatic carbocycles. The topological polar surface area (TPSA) is 75.3 Å². The van der Waals surface area contributed by atoms with Crippen molar-refractivity contribution in [3.05, 3.63) is 76.8 Å². The number of aromatic nitrogens is 2. The summed E-state index contributed by atoms with van der Waals surface area (Å²) in [7, 11) is 0. The number of rotatable bonds is 3. The van der Waals surface area contributed by atoms with Gasteiger partial charge in [0.15, 0.2) is 0 Å². The minimum Gasteiger partial charge on any atom is -0.508 e. The number of fused-ring (bicyclic) bond motifs is 1. The maximum Gasteiger partial charge on any atom is 0.271 e. The lowest BCUT2D eigenvalue weighted by Gasteiger charge is -2.05. The van der Waals surface area contributed by atoms with Gasteiger partial charge >= 0.3 is 0 Å². The molecule has 0 amide bonds. The Labute approximate surface area is 147 Å². The second-order valence-corrected chi connectivity index (χ2v) is 6.78. The first-order valence-electron chi connectivity index (χ1n) is 7.66. The predicted molar refractivity (Wildman–Crippen MR) is 98.2 cm³/mol. The summed E-state index contributed by atoms with van der Waals surface area (Å²) in [6.45, 7) is 0.343. The van der Waals surface area contributed by atoms with Crippen LogP contribution in [-0.4, -0.2) is 19.8 Å². The predicted octanol–water partition coefficient (Wildman–Crippen LogP) is 3.58. The molecular weight excluding hydrogens is 336 g/mol. The van der Waals surface area contributed by atoms with Crippen LogP contribution in [0.4, 0.5) is 0 Å². The minimum absolute atomic E-state index is 0.121. The number of phenolic OH excluding ortho intramolecular Hbond substituents is 2. The van der Waals surface area contributed by atoms with E-state index in [0.717, 1.165) is 16.0 Å². The Kier molecular flexibility index (Phi) is 3.74. The Bertz CT molecular complexity index is 1130. The fraction of sp³-hybridized carbons (Fsp3) is 0.0526. The molecule has 2 aromatic carbocycles. The summed E-state index contributed by atoms with van der Waals surface area (Å²) in [5.74, 6) is 0.353. The maximum atomic E-state index is 12.8. The van der Waals surface area contributed by atoms with Crippen molar-refractivity contribution in [3.8, 4) is 21.9 Å². The molecule has 0 atom stereocenters. The summed E-state index contributed by atoms with van der Waals surface area (Å²) >= 11 is 1.36. The molecule has 0 aliphatic heterocycles. The van der Waals surface area contributed by atoms with E-state index in [0.29, 0.717) is 16.8 Å². The van der Waals surface area contributed by atoms with E-state index in [1.807, 2.05) is 18.2 Å². The highest BCUT2D eigenvalue weighted by atomic mass is 32.1. The van der Waals surface area contributed by atoms with Crippen LogP contribution in [0.15, 0.2) is 65.7 Å². The third-order valence-corrected chi connectivity index (χ3v) is 5.06. The van der Waals surface area contributed by atoms with Crippen LogP contribution >= 0.6 is 11.3 Å². The van der Waals surface area contributed by atoms with E-state index in [4.69, 9.17) is 0 Å². The van der Waals surface area contributed by atoms with Crippen LogP contribution in [0.2, 0.25) is 0 Å². The summed E-state index contributed by atoms with van der Waals surface area (Å²) in [5.41, 5.74) is 2.19. The monoisotopic (exact) mass is 350 g/mol. The third-order valence-electron chi connectivity index (χ3n) is 3.90. The SMILES string of the molecule is O=c1c2sc(-c3cccc(O)c3)cc2ncn1Cc1cccc(O)c1. The molecule has 6 heteroatoms. The fourth-order valence-electron chi connectivity index (χ4n) is 2.71. The van der Waals surface area contributed by atoms with Crippen LogP contribution in [0.1, 0.15) is 5.56 Å². The first kappa shape index (κ1) is 15.4. The van der Waals surface area contributed by atoms with Gasteiger partial charge in [-0.15, -0.1) is 11.3 Å². The lowest BCUT2D eigenvalue weighted by molar-refractivity contribution is 0.474. The molecule has 5 nitrogen and oxygen atoms in total. The molecule has 2 heterocycles. The van der Waals surface area contributed by atoms with Crippen molar-refractivity contribution in [2.24, 2.45) is 0 Å². The number of nitrogens with zero attached hydrogens (tertiary/aromatic N) is 2. The molecule has 124 valence electrons. The zero-order valence-electron chi connectivity index (χ0n) is 13.1. The van der Waals surface area contributed by atoms with Gasteiger partial charge in [-0.3, -0.25) is 9.36 Å². The lowest BCUT2D eigenvalue weighted by Crippen LogP contribution is -2.20. The van der Waals surface area contributed by atoms with Crippen LogP contribution in [0.5, 0.6) is 11.5 Å². The van der Waals surface area contributed by atoms with Gasteiger partial charge in [-0.25, -0.2) is 4.98 Å². The Morgan fingerprint density at radius 2 is 1.76 bits per heavy atom. The van der Waals surface area contributed by atoms with Crippen molar-refractivity contribution in [2.45, 2.75) is 6.54 Å². The molecule has 4 aromatic rings. The van der Waals surface area contributed by atoms with E-state index in [9.17, 15) is 15.0 Å². The Hall–Kier alpha value is -3.12. The second kappa shape index (κ2) is 6.07. The van der Waals surface area contributed by atoms with E-state index in [1.165, 1.54) is 22.2 Å². The number of hydrogen-bond donors (Lipinski definition) is 2. The standard InChI is InChI=1S/C19H14N2O3S/c22-14-5-1-3-12(7-14)10-21-11-20-16-9-17(25-18(16)19(21)24)13-4-2-6-15(23)8-13/h1-9,11,22-23H,10H2. The number of phenols is 2. The summed E-state index contributed by atoms with van der Waals surface area (Å²) in [6, 6.07) is 15.6. The highest BCUT2D eigenvalue weighted by Crippen LogP contribution is 2.32. The van der Waals surface area contributed by atoms with E-state index < -0.39 is 0 Å². The van der Waals surface area contributed by atoms with Crippen LogP contribution in [0.25, 0.3) is 20.7 Å². The van der Waals surface area contributed by atoms with Gasteiger partial charge in [0.1, 0.15) is 16.2 Å². The zero-order valence-corrected chi connectivity index (χ0v) is 13.9. The van der Waals surface area contributed by atoms with Crippen molar-refractivity contribution in [2.75, 3.05) is 0 Å². The second-order valence-electron chi connectivity index (χ2n) is 5.72. The largest absolute Gasteiger partial charge is 0.508 e. The van der Waals surface area contributed by atoms with Crippen molar-refractivity contribution < 1.29 is 10.2 Å². The highest BCUT2D eigenvalue weighted by Gasteiger charge is 2.11. The fourth-order valence-corrected chi connectivity index (χ4v) is 3.77. The minimum atomic E-state index is -0.121. The number of aromatic hydroxyl groups is 2. The van der Waals surface area contributed by atoms with E-state index >= 15 is 0 Å². The molecule has 0 unspecified atom stereocenters. The van der Waals surface area contributed by atoms with Gasteiger partial charge in [-0.2, -0.15) is 0 Å². The molecule has 0 saturated heterocycles.